The molecule has 0 radical (unpaired) electrons. The summed E-state index contributed by atoms with van der Waals surface area (Å²) in [5, 5.41) is 6.72. The van der Waals surface area contributed by atoms with E-state index in [1.807, 2.05) is 83.7 Å². The molecule has 244 valence electrons. The van der Waals surface area contributed by atoms with E-state index in [-0.39, 0.29) is 5.91 Å². The second-order valence-corrected chi connectivity index (χ2v) is 14.2. The summed E-state index contributed by atoms with van der Waals surface area (Å²) in [7, 11) is -12.5. The lowest BCUT2D eigenvalue weighted by molar-refractivity contribution is -2.00. The molecule has 1 heterocycles. The van der Waals surface area contributed by atoms with E-state index in [1.54, 1.807) is 0 Å². The fourth-order valence-electron chi connectivity index (χ4n) is 4.52. The molecule has 1 amide bonds. The fraction of sp³-hybridized carbons (Fsp3) is 0. The normalized spacial score (nSPS) is 11.7. The van der Waals surface area contributed by atoms with Crippen molar-refractivity contribution in [3.63, 3.8) is 0 Å². The molecule has 5 rings (SSSR count). The number of anilines is 1. The number of benzene rings is 4. The molecule has 0 bridgehead atoms. The van der Waals surface area contributed by atoms with E-state index >= 15 is 0 Å². The Labute approximate surface area is 275 Å². The zero-order valence-corrected chi connectivity index (χ0v) is 26.7. The molecule has 0 aliphatic carbocycles. The molecule has 4 aromatic carbocycles. The van der Waals surface area contributed by atoms with Crippen molar-refractivity contribution in [1.82, 2.24) is 5.32 Å². The number of carbonyl (C=O) groups excluding carboxylic acids is 1. The Morgan fingerprint density at radius 3 is 1.28 bits per heavy atom. The van der Waals surface area contributed by atoms with Gasteiger partial charge in [-0.3, -0.25) is 15.8 Å². The number of aromatic nitrogens is 1. The molecule has 3 N–H and O–H groups in total. The minimum absolute atomic E-state index is 0.172. The van der Waals surface area contributed by atoms with Gasteiger partial charge >= 0.3 is 0 Å². The Morgan fingerprint density at radius 2 is 0.915 bits per heavy atom. The first-order valence-corrected chi connectivity index (χ1v) is 17.6. The van der Waals surface area contributed by atoms with Gasteiger partial charge in [-0.2, -0.15) is 0 Å². The molecule has 0 saturated heterocycles. The maximum Gasteiger partial charge on any atom is 0.277 e. The van der Waals surface area contributed by atoms with E-state index in [9.17, 15) is 4.79 Å². The van der Waals surface area contributed by atoms with Crippen LogP contribution in [0.2, 0.25) is 0 Å². The van der Waals surface area contributed by atoms with Crippen LogP contribution < -0.4 is 68.8 Å². The summed E-state index contributed by atoms with van der Waals surface area (Å²) < 4.78 is 69.8. The quantitative estimate of drug-likeness (QED) is 0.121. The van der Waals surface area contributed by atoms with Gasteiger partial charge in [-0.15, -0.1) is 20.5 Å². The van der Waals surface area contributed by atoms with Gasteiger partial charge in [0.25, 0.3) is 11.7 Å². The first-order valence-electron chi connectivity index (χ1n) is 13.3. The van der Waals surface area contributed by atoms with Crippen molar-refractivity contribution in [2.24, 2.45) is 0 Å². The number of nitrogen functional groups attached to an aromatic ring is 1. The van der Waals surface area contributed by atoms with Crippen LogP contribution in [0.5, 0.6) is 0 Å². The van der Waals surface area contributed by atoms with E-state index < -0.39 is 27.7 Å². The van der Waals surface area contributed by atoms with Crippen molar-refractivity contribution >= 4 is 41.1 Å². The number of nitrogens with two attached hydrogens (primary N) is 1. The number of hydrogen-bond acceptors (Lipinski definition) is 10. The molecular weight excluding hydrogens is 672 g/mol. The Kier molecular flexibility index (Phi) is 13.5. The lowest BCUT2D eigenvalue weighted by atomic mass is 10.2. The molecule has 12 nitrogen and oxygen atoms in total. The fourth-order valence-corrected chi connectivity index (χ4v) is 8.67. The number of halogens is 2. The maximum atomic E-state index is 13.7. The predicted molar refractivity (Wildman–Crippen MR) is 154 cm³/mol. The standard InChI is InChI=1S/C32H26N3OP.2ClHO4/c33-30-23-13-14-24-35(30)25-31(34-32(36)26-15-5-1-6-16-26)37(27-17-7-2-8-18-27,28-19-9-3-10-20-28)29-21-11-4-12-22-29;2*2-1(3,4)5/h1-25,33H;2*(H,2,3,4,5)/b31-25+;;. The van der Waals surface area contributed by atoms with Gasteiger partial charge < -0.3 is 0 Å². The van der Waals surface area contributed by atoms with Crippen molar-refractivity contribution in [2.75, 3.05) is 5.73 Å². The van der Waals surface area contributed by atoms with Crippen molar-refractivity contribution in [1.29, 1.82) is 0 Å². The first kappa shape index (κ1) is 37.2. The SMILES string of the molecule is Nc1cccc[n+]1/C=C(\NC(=O)c1ccccc1)[P+](c1ccccc1)(c1ccccc1)c1ccccc1.[O-][Cl+3]([O-])([O-])[O-].[O-][Cl+3]([O-])([O-])[O-]. The molecule has 0 atom stereocenters. The summed E-state index contributed by atoms with van der Waals surface area (Å²) in [6.07, 6.45) is 3.87. The number of rotatable bonds is 7. The lowest BCUT2D eigenvalue weighted by Crippen LogP contribution is -2.68. The third-order valence-electron chi connectivity index (χ3n) is 6.25. The zero-order valence-electron chi connectivity index (χ0n) is 24.3. The average molecular weight is 700 g/mol. The Hall–Kier alpha value is -4.27. The molecule has 0 unspecified atom stereocenters. The van der Waals surface area contributed by atoms with Crippen LogP contribution in [0.4, 0.5) is 5.82 Å². The van der Waals surface area contributed by atoms with Gasteiger partial charge in [0.05, 0.1) is 6.20 Å². The van der Waals surface area contributed by atoms with Crippen LogP contribution in [0.25, 0.3) is 6.20 Å². The van der Waals surface area contributed by atoms with E-state index in [1.165, 1.54) is 0 Å². The van der Waals surface area contributed by atoms with Gasteiger partial charge in [0, 0.05) is 11.6 Å². The van der Waals surface area contributed by atoms with Crippen molar-refractivity contribution in [2.45, 2.75) is 0 Å². The predicted octanol–water partition coefficient (Wildman–Crippen LogP) is -4.78. The summed E-state index contributed by atoms with van der Waals surface area (Å²) in [4.78, 5) is 13.7. The lowest BCUT2D eigenvalue weighted by Gasteiger charge is -2.29. The number of nitrogens with zero attached hydrogens (tertiary/aromatic N) is 1. The van der Waals surface area contributed by atoms with E-state index in [4.69, 9.17) is 43.0 Å². The first-order chi connectivity index (χ1) is 22.2. The van der Waals surface area contributed by atoms with Gasteiger partial charge in [-0.05, 0) is 54.6 Å². The Bertz CT molecular complexity index is 1610. The summed E-state index contributed by atoms with van der Waals surface area (Å²) in [6.45, 7) is 0. The van der Waals surface area contributed by atoms with Crippen molar-refractivity contribution < 1.29 is 67.1 Å². The number of pyridine rings is 1. The van der Waals surface area contributed by atoms with E-state index in [0.29, 0.717) is 11.4 Å². The summed E-state index contributed by atoms with van der Waals surface area (Å²) in [6, 6.07) is 46.2. The van der Waals surface area contributed by atoms with Crippen LogP contribution in [-0.4, -0.2) is 5.91 Å². The third kappa shape index (κ3) is 11.8. The molecule has 0 aliphatic rings. The number of carbonyl (C=O) groups is 1. The molecule has 47 heavy (non-hydrogen) atoms. The zero-order chi connectivity index (χ0) is 34.5. The number of nitrogens with one attached hydrogen (secondary N) is 1. The van der Waals surface area contributed by atoms with Crippen LogP contribution in [0.3, 0.4) is 0 Å². The highest BCUT2D eigenvalue weighted by Gasteiger charge is 2.51. The molecule has 15 heteroatoms. The summed E-state index contributed by atoms with van der Waals surface area (Å²) in [5.41, 5.74) is 7.76. The Morgan fingerprint density at radius 1 is 0.574 bits per heavy atom. The smallest absolute Gasteiger partial charge is 0.277 e. The maximum absolute atomic E-state index is 13.7. The number of hydrogen-bond donors (Lipinski definition) is 2. The molecule has 0 spiro atoms. The van der Waals surface area contributed by atoms with Gasteiger partial charge in [-0.1, -0.05) is 78.9 Å². The summed E-state index contributed by atoms with van der Waals surface area (Å²) >= 11 is 0. The van der Waals surface area contributed by atoms with E-state index in [2.05, 4.69) is 78.1 Å². The van der Waals surface area contributed by atoms with Gasteiger partial charge in [0.2, 0.25) is 5.44 Å². The van der Waals surface area contributed by atoms with Crippen molar-refractivity contribution in [3.05, 3.63) is 157 Å². The van der Waals surface area contributed by atoms with Gasteiger partial charge in [0.1, 0.15) is 15.9 Å². The molecule has 5 aromatic rings. The molecule has 1 aromatic heterocycles. The van der Waals surface area contributed by atoms with Crippen LogP contribution in [0, 0.1) is 20.5 Å². The van der Waals surface area contributed by atoms with Crippen LogP contribution in [-0.2, 0) is 0 Å². The second kappa shape index (κ2) is 17.0. The molecule has 0 fully saturated rings. The molecule has 0 saturated carbocycles. The average Bonchev–Trinajstić information content (AvgIpc) is 3.03. The highest BCUT2D eigenvalue weighted by Crippen LogP contribution is 2.61. The molecule has 0 aliphatic heterocycles. The third-order valence-corrected chi connectivity index (χ3v) is 10.4. The monoisotopic (exact) mass is 699 g/mol. The van der Waals surface area contributed by atoms with Crippen molar-refractivity contribution in [3.8, 4) is 0 Å². The van der Waals surface area contributed by atoms with Crippen LogP contribution in [0.1, 0.15) is 10.4 Å². The van der Waals surface area contributed by atoms with Crippen LogP contribution in [0.15, 0.2) is 151 Å². The number of amides is 1. The largest absolute Gasteiger partial charge is 0.289 e. The second-order valence-electron chi connectivity index (χ2n) is 9.30. The summed E-state index contributed by atoms with van der Waals surface area (Å²) in [5.74, 6) is 0.398. The minimum Gasteiger partial charge on any atom is -0.289 e. The van der Waals surface area contributed by atoms with Gasteiger partial charge in [-0.25, -0.2) is 41.8 Å². The van der Waals surface area contributed by atoms with Crippen LogP contribution >= 0.6 is 7.26 Å². The highest BCUT2D eigenvalue weighted by molar-refractivity contribution is 7.99. The van der Waals surface area contributed by atoms with Gasteiger partial charge in [0.15, 0.2) is 13.5 Å². The Balaban J connectivity index is 0.000000526. The minimum atomic E-state index is -4.94. The molecular formula is C32H28Cl2N3O9P. The topological polar surface area (TPSA) is 243 Å². The highest BCUT2D eigenvalue weighted by atomic mass is 35.7. The van der Waals surface area contributed by atoms with E-state index in [0.717, 1.165) is 21.4 Å².